The van der Waals surface area contributed by atoms with E-state index in [9.17, 15) is 14.4 Å². The smallest absolute Gasteiger partial charge is 0.340 e. The zero-order chi connectivity index (χ0) is 21.5. The Balaban J connectivity index is 1.66. The van der Waals surface area contributed by atoms with Crippen LogP contribution in [0.2, 0.25) is 5.02 Å². The average molecular weight is 424 g/mol. The first-order chi connectivity index (χ1) is 14.5. The summed E-state index contributed by atoms with van der Waals surface area (Å²) in [5.74, 6) is -0.854. The number of nitrogens with one attached hydrogen (secondary N) is 1. The lowest BCUT2D eigenvalue weighted by atomic mass is 10.1. The molecule has 0 aliphatic heterocycles. The van der Waals surface area contributed by atoms with Crippen LogP contribution in [0, 0.1) is 0 Å². The highest BCUT2D eigenvalue weighted by Gasteiger charge is 2.17. The molecular weight excluding hydrogens is 406 g/mol. The second-order valence-electron chi connectivity index (χ2n) is 6.23. The molecule has 1 amide bonds. The summed E-state index contributed by atoms with van der Waals surface area (Å²) >= 11 is 5.84. The van der Waals surface area contributed by atoms with E-state index < -0.39 is 18.5 Å². The van der Waals surface area contributed by atoms with Gasteiger partial charge in [0.15, 0.2) is 12.4 Å². The number of amides is 1. The van der Waals surface area contributed by atoms with E-state index in [1.165, 1.54) is 13.2 Å². The molecule has 6 nitrogen and oxygen atoms in total. The third kappa shape index (κ3) is 5.24. The lowest BCUT2D eigenvalue weighted by molar-refractivity contribution is 0.0475. The number of Topliss-reactive ketones (excluding diaryl/α,β-unsaturated/α-hetero) is 1. The van der Waals surface area contributed by atoms with Crippen molar-refractivity contribution >= 4 is 34.9 Å². The van der Waals surface area contributed by atoms with Gasteiger partial charge in [0.2, 0.25) is 0 Å². The van der Waals surface area contributed by atoms with Crippen LogP contribution in [0.15, 0.2) is 72.8 Å². The van der Waals surface area contributed by atoms with Gasteiger partial charge >= 0.3 is 5.97 Å². The van der Waals surface area contributed by atoms with Gasteiger partial charge in [0.05, 0.1) is 18.4 Å². The number of halogens is 1. The summed E-state index contributed by atoms with van der Waals surface area (Å²) in [7, 11) is 1.53. The summed E-state index contributed by atoms with van der Waals surface area (Å²) in [5, 5.41) is 3.19. The van der Waals surface area contributed by atoms with Crippen molar-refractivity contribution in [3.63, 3.8) is 0 Å². The van der Waals surface area contributed by atoms with Crippen molar-refractivity contribution in [3.05, 3.63) is 94.5 Å². The van der Waals surface area contributed by atoms with Crippen LogP contribution >= 0.6 is 11.6 Å². The first-order valence-corrected chi connectivity index (χ1v) is 9.36. The molecule has 0 saturated heterocycles. The highest BCUT2D eigenvalue weighted by Crippen LogP contribution is 2.19. The minimum Gasteiger partial charge on any atom is -0.497 e. The summed E-state index contributed by atoms with van der Waals surface area (Å²) < 4.78 is 10.2. The van der Waals surface area contributed by atoms with Gasteiger partial charge in [-0.15, -0.1) is 0 Å². The molecule has 152 valence electrons. The number of rotatable bonds is 7. The number of carbonyl (C=O) groups is 3. The van der Waals surface area contributed by atoms with Crippen molar-refractivity contribution in [1.82, 2.24) is 0 Å². The zero-order valence-corrected chi connectivity index (χ0v) is 16.8. The molecule has 0 heterocycles. The molecule has 0 spiro atoms. The Kier molecular flexibility index (Phi) is 6.83. The van der Waals surface area contributed by atoms with Crippen molar-refractivity contribution in [2.45, 2.75) is 0 Å². The van der Waals surface area contributed by atoms with E-state index in [0.29, 0.717) is 21.9 Å². The quantitative estimate of drug-likeness (QED) is 0.442. The largest absolute Gasteiger partial charge is 0.497 e. The predicted octanol–water partition coefficient (Wildman–Crippen LogP) is 4.64. The highest BCUT2D eigenvalue weighted by atomic mass is 35.5. The number of para-hydroxylation sites is 1. The predicted molar refractivity (Wildman–Crippen MR) is 113 cm³/mol. The molecule has 0 unspecified atom stereocenters. The zero-order valence-electron chi connectivity index (χ0n) is 16.1. The summed E-state index contributed by atoms with van der Waals surface area (Å²) in [6, 6.07) is 19.2. The van der Waals surface area contributed by atoms with Crippen molar-refractivity contribution < 1.29 is 23.9 Å². The summed E-state index contributed by atoms with van der Waals surface area (Å²) in [6.07, 6.45) is 0. The third-order valence-electron chi connectivity index (χ3n) is 4.25. The summed E-state index contributed by atoms with van der Waals surface area (Å²) in [6.45, 7) is -0.426. The van der Waals surface area contributed by atoms with Gasteiger partial charge < -0.3 is 14.8 Å². The van der Waals surface area contributed by atoms with Crippen molar-refractivity contribution in [2.75, 3.05) is 19.0 Å². The molecule has 0 aliphatic rings. The maximum absolute atomic E-state index is 12.5. The van der Waals surface area contributed by atoms with Gasteiger partial charge in [-0.2, -0.15) is 0 Å². The van der Waals surface area contributed by atoms with Gasteiger partial charge in [-0.05, 0) is 60.7 Å². The first-order valence-electron chi connectivity index (χ1n) is 8.98. The number of esters is 1. The fourth-order valence-electron chi connectivity index (χ4n) is 2.63. The Bertz CT molecular complexity index is 1060. The molecule has 0 atom stereocenters. The molecule has 1 N–H and O–H groups in total. The second-order valence-corrected chi connectivity index (χ2v) is 6.67. The Labute approximate surface area is 178 Å². The standard InChI is InChI=1S/C23H18ClNO5/c1-29-18-12-8-15(9-13-18)21(26)14-30-23(28)19-4-2-3-5-20(19)25-22(27)16-6-10-17(24)11-7-16/h2-13H,14H2,1H3,(H,25,27). The molecule has 3 aromatic rings. The Hall–Kier alpha value is -3.64. The van der Waals surface area contributed by atoms with Gasteiger partial charge in [0.1, 0.15) is 5.75 Å². The number of hydrogen-bond acceptors (Lipinski definition) is 5. The molecule has 3 rings (SSSR count). The number of hydrogen-bond donors (Lipinski definition) is 1. The Morgan fingerprint density at radius 3 is 2.17 bits per heavy atom. The lowest BCUT2D eigenvalue weighted by Gasteiger charge is -2.11. The molecule has 7 heteroatoms. The van der Waals surface area contributed by atoms with Crippen LogP contribution in [-0.4, -0.2) is 31.4 Å². The van der Waals surface area contributed by atoms with E-state index in [0.717, 1.165) is 0 Å². The molecule has 30 heavy (non-hydrogen) atoms. The van der Waals surface area contributed by atoms with E-state index >= 15 is 0 Å². The van der Waals surface area contributed by atoms with Gasteiger partial charge in [-0.3, -0.25) is 9.59 Å². The van der Waals surface area contributed by atoms with Crippen LogP contribution in [-0.2, 0) is 4.74 Å². The molecule has 0 aromatic heterocycles. The van der Waals surface area contributed by atoms with Crippen molar-refractivity contribution in [1.29, 1.82) is 0 Å². The number of anilines is 1. The Morgan fingerprint density at radius 1 is 0.867 bits per heavy atom. The van der Waals surface area contributed by atoms with Crippen LogP contribution in [0.25, 0.3) is 0 Å². The molecule has 0 bridgehead atoms. The molecule has 0 radical (unpaired) electrons. The second kappa shape index (κ2) is 9.71. The van der Waals surface area contributed by atoms with Crippen LogP contribution in [0.1, 0.15) is 31.1 Å². The highest BCUT2D eigenvalue weighted by molar-refractivity contribution is 6.30. The first kappa shape index (κ1) is 21.1. The van der Waals surface area contributed by atoms with Crippen LogP contribution in [0.3, 0.4) is 0 Å². The maximum Gasteiger partial charge on any atom is 0.340 e. The molecule has 0 aliphatic carbocycles. The van der Waals surface area contributed by atoms with Crippen molar-refractivity contribution in [2.24, 2.45) is 0 Å². The minimum atomic E-state index is -0.719. The van der Waals surface area contributed by atoms with E-state index in [2.05, 4.69) is 5.32 Å². The van der Waals surface area contributed by atoms with Gasteiger partial charge in [0.25, 0.3) is 5.91 Å². The van der Waals surface area contributed by atoms with Crippen LogP contribution in [0.4, 0.5) is 5.69 Å². The van der Waals surface area contributed by atoms with Gasteiger partial charge in [-0.1, -0.05) is 23.7 Å². The van der Waals surface area contributed by atoms with Crippen LogP contribution < -0.4 is 10.1 Å². The Morgan fingerprint density at radius 2 is 1.50 bits per heavy atom. The monoisotopic (exact) mass is 423 g/mol. The number of methoxy groups -OCH3 is 1. The molecule has 0 saturated carbocycles. The van der Waals surface area contributed by atoms with Crippen molar-refractivity contribution in [3.8, 4) is 5.75 Å². The molecular formula is C23H18ClNO5. The fourth-order valence-corrected chi connectivity index (χ4v) is 2.76. The minimum absolute atomic E-state index is 0.141. The average Bonchev–Trinajstić information content (AvgIpc) is 2.78. The van der Waals surface area contributed by atoms with Crippen LogP contribution in [0.5, 0.6) is 5.75 Å². The summed E-state index contributed by atoms with van der Waals surface area (Å²) in [4.78, 5) is 37.2. The van der Waals surface area contributed by atoms with Gasteiger partial charge in [-0.25, -0.2) is 4.79 Å². The van der Waals surface area contributed by atoms with E-state index in [4.69, 9.17) is 21.1 Å². The third-order valence-corrected chi connectivity index (χ3v) is 4.50. The fraction of sp³-hybridized carbons (Fsp3) is 0.0870. The summed E-state index contributed by atoms with van der Waals surface area (Å²) in [5.41, 5.74) is 1.20. The number of carbonyl (C=O) groups excluding carboxylic acids is 3. The SMILES string of the molecule is COc1ccc(C(=O)COC(=O)c2ccccc2NC(=O)c2ccc(Cl)cc2)cc1. The number of ether oxygens (including phenoxy) is 2. The van der Waals surface area contributed by atoms with E-state index in [1.807, 2.05) is 0 Å². The number of ketones is 1. The topological polar surface area (TPSA) is 81.7 Å². The van der Waals surface area contributed by atoms with Gasteiger partial charge in [0, 0.05) is 16.1 Å². The molecule has 3 aromatic carbocycles. The van der Waals surface area contributed by atoms with E-state index in [1.54, 1.807) is 66.7 Å². The maximum atomic E-state index is 12.5. The normalized spacial score (nSPS) is 10.2. The van der Waals surface area contributed by atoms with E-state index in [-0.39, 0.29) is 17.0 Å². The lowest BCUT2D eigenvalue weighted by Crippen LogP contribution is -2.18. The molecule has 0 fully saturated rings. The number of benzene rings is 3.